The zero-order valence-electron chi connectivity index (χ0n) is 20.4. The molecule has 0 bridgehead atoms. The molecule has 2 heterocycles. The standard InChI is InChI=1S/C24H32N6O6S/c31-22(26-15-21(23(32)33)30-37(34,35)17-9-2-1-3-10-17)20-14-16(36-29-20)8-6-7-13-25-24-27-18-11-4-5-12-19(18)28-24/h1-3,9-10,16,21,30H,4-8,11-15H2,(H,26,31)(H,32,33)(H2,25,27,28). The number of nitrogens with zero attached hydrogens (tertiary/aromatic N) is 2. The number of carboxylic acid groups (broad SMARTS) is 1. The van der Waals surface area contributed by atoms with Crippen LogP contribution in [0.15, 0.2) is 40.4 Å². The number of carbonyl (C=O) groups is 2. The van der Waals surface area contributed by atoms with Crippen LogP contribution in [-0.2, 0) is 37.3 Å². The molecule has 2 aliphatic rings. The van der Waals surface area contributed by atoms with Crippen LogP contribution in [0.5, 0.6) is 0 Å². The van der Waals surface area contributed by atoms with Crippen molar-refractivity contribution >= 4 is 33.6 Å². The minimum absolute atomic E-state index is 0.0672. The highest BCUT2D eigenvalue weighted by Gasteiger charge is 2.29. The third kappa shape index (κ3) is 7.29. The van der Waals surface area contributed by atoms with Crippen LogP contribution in [0.25, 0.3) is 0 Å². The van der Waals surface area contributed by atoms with Crippen molar-refractivity contribution in [3.8, 4) is 0 Å². The van der Waals surface area contributed by atoms with E-state index < -0.39 is 34.5 Å². The van der Waals surface area contributed by atoms with Crippen LogP contribution >= 0.6 is 0 Å². The molecule has 1 aliphatic carbocycles. The summed E-state index contributed by atoms with van der Waals surface area (Å²) in [5.74, 6) is -1.18. The first kappa shape index (κ1) is 26.6. The maximum absolute atomic E-state index is 12.5. The fourth-order valence-electron chi connectivity index (χ4n) is 4.29. The van der Waals surface area contributed by atoms with Gasteiger partial charge in [-0.05, 0) is 57.1 Å². The third-order valence-corrected chi connectivity index (χ3v) is 7.80. The van der Waals surface area contributed by atoms with Gasteiger partial charge in [0.05, 0.1) is 10.6 Å². The van der Waals surface area contributed by atoms with Crippen LogP contribution in [0.4, 0.5) is 5.95 Å². The van der Waals surface area contributed by atoms with E-state index in [0.717, 1.165) is 38.2 Å². The number of rotatable bonds is 13. The predicted octanol–water partition coefficient (Wildman–Crippen LogP) is 1.56. The number of carbonyl (C=O) groups excluding carboxylic acids is 1. The number of unbranched alkanes of at least 4 members (excludes halogenated alkanes) is 1. The van der Waals surface area contributed by atoms with Gasteiger partial charge < -0.3 is 25.6 Å². The van der Waals surface area contributed by atoms with Crippen molar-refractivity contribution in [3.05, 3.63) is 41.7 Å². The van der Waals surface area contributed by atoms with Gasteiger partial charge in [0.1, 0.15) is 17.9 Å². The predicted molar refractivity (Wildman–Crippen MR) is 136 cm³/mol. The average Bonchev–Trinajstić information content (AvgIpc) is 3.53. The number of aliphatic carboxylic acids is 1. The normalized spacial score (nSPS) is 17.8. The van der Waals surface area contributed by atoms with Crippen LogP contribution in [0, 0.1) is 0 Å². The number of nitrogens with one attached hydrogen (secondary N) is 4. The average molecular weight is 533 g/mol. The molecule has 0 fully saturated rings. The van der Waals surface area contributed by atoms with E-state index in [1.54, 1.807) is 6.07 Å². The van der Waals surface area contributed by atoms with Crippen LogP contribution in [0.2, 0.25) is 0 Å². The van der Waals surface area contributed by atoms with E-state index >= 15 is 0 Å². The van der Waals surface area contributed by atoms with Gasteiger partial charge in [0.2, 0.25) is 16.0 Å². The molecule has 0 saturated heterocycles. The van der Waals surface area contributed by atoms with Crippen LogP contribution in [0.1, 0.15) is 49.9 Å². The monoisotopic (exact) mass is 532 g/mol. The van der Waals surface area contributed by atoms with Gasteiger partial charge in [0, 0.05) is 25.2 Å². The van der Waals surface area contributed by atoms with E-state index in [2.05, 4.69) is 30.5 Å². The summed E-state index contributed by atoms with van der Waals surface area (Å²) in [7, 11) is -4.06. The van der Waals surface area contributed by atoms with Crippen LogP contribution in [0.3, 0.4) is 0 Å². The van der Waals surface area contributed by atoms with E-state index in [4.69, 9.17) is 4.84 Å². The number of fused-ring (bicyclic) bond motifs is 1. The summed E-state index contributed by atoms with van der Waals surface area (Å²) >= 11 is 0. The van der Waals surface area contributed by atoms with Gasteiger partial charge in [-0.15, -0.1) is 0 Å². The van der Waals surface area contributed by atoms with Crippen molar-refractivity contribution in [3.63, 3.8) is 0 Å². The summed E-state index contributed by atoms with van der Waals surface area (Å²) in [4.78, 5) is 37.3. The number of aryl methyl sites for hydroxylation is 2. The van der Waals surface area contributed by atoms with Gasteiger partial charge in [-0.2, -0.15) is 4.72 Å². The summed E-state index contributed by atoms with van der Waals surface area (Å²) in [6.07, 6.45) is 7.02. The second-order valence-electron chi connectivity index (χ2n) is 9.15. The van der Waals surface area contributed by atoms with Gasteiger partial charge in [-0.25, -0.2) is 13.4 Å². The molecule has 1 aromatic carbocycles. The number of imidazole rings is 1. The number of benzene rings is 1. The highest BCUT2D eigenvalue weighted by molar-refractivity contribution is 7.89. The highest BCUT2D eigenvalue weighted by Crippen LogP contribution is 2.21. The number of oxime groups is 1. The SMILES string of the molecule is O=C(NCC(NS(=O)(=O)c1ccccc1)C(=O)O)C1=NOC(CCCCNc2nc3c([nH]2)CCCC3)C1. The minimum atomic E-state index is -4.06. The van der Waals surface area contributed by atoms with Crippen molar-refractivity contribution < 1.29 is 28.0 Å². The molecule has 12 nitrogen and oxygen atoms in total. The Hall–Kier alpha value is -3.45. The Morgan fingerprint density at radius 3 is 2.70 bits per heavy atom. The maximum Gasteiger partial charge on any atom is 0.323 e. The van der Waals surface area contributed by atoms with Gasteiger partial charge >= 0.3 is 5.97 Å². The highest BCUT2D eigenvalue weighted by atomic mass is 32.2. The molecule has 2 unspecified atom stereocenters. The van der Waals surface area contributed by atoms with Gasteiger partial charge in [0.25, 0.3) is 5.91 Å². The molecule has 1 amide bonds. The van der Waals surface area contributed by atoms with E-state index in [1.807, 2.05) is 0 Å². The summed E-state index contributed by atoms with van der Waals surface area (Å²) in [6, 6.07) is 5.87. The molecule has 1 aliphatic heterocycles. The first-order chi connectivity index (χ1) is 17.8. The number of aromatic amines is 1. The van der Waals surface area contributed by atoms with Gasteiger partial charge in [0.15, 0.2) is 0 Å². The molecule has 2 aromatic rings. The van der Waals surface area contributed by atoms with E-state index in [0.29, 0.717) is 12.8 Å². The lowest BCUT2D eigenvalue weighted by Gasteiger charge is -2.15. The summed E-state index contributed by atoms with van der Waals surface area (Å²) < 4.78 is 27.0. The lowest BCUT2D eigenvalue weighted by Crippen LogP contribution is -2.49. The summed E-state index contributed by atoms with van der Waals surface area (Å²) in [6.45, 7) is 0.328. The first-order valence-corrected chi connectivity index (χ1v) is 13.9. The van der Waals surface area contributed by atoms with Crippen molar-refractivity contribution in [1.82, 2.24) is 20.0 Å². The molecule has 37 heavy (non-hydrogen) atoms. The molecular formula is C24H32N6O6S. The van der Waals surface area contributed by atoms with Crippen molar-refractivity contribution in [2.75, 3.05) is 18.4 Å². The number of anilines is 1. The second kappa shape index (κ2) is 12.2. The topological polar surface area (TPSA) is 175 Å². The largest absolute Gasteiger partial charge is 0.480 e. The Morgan fingerprint density at radius 2 is 1.95 bits per heavy atom. The molecule has 0 radical (unpaired) electrons. The fourth-order valence-corrected chi connectivity index (χ4v) is 5.50. The van der Waals surface area contributed by atoms with E-state index in [-0.39, 0.29) is 16.7 Å². The minimum Gasteiger partial charge on any atom is -0.480 e. The van der Waals surface area contributed by atoms with Crippen LogP contribution in [-0.4, -0.2) is 66.3 Å². The van der Waals surface area contributed by atoms with E-state index in [9.17, 15) is 23.1 Å². The summed E-state index contributed by atoms with van der Waals surface area (Å²) in [5.41, 5.74) is 2.55. The number of H-pyrrole nitrogens is 1. The summed E-state index contributed by atoms with van der Waals surface area (Å²) in [5, 5.41) is 19.0. The van der Waals surface area contributed by atoms with Crippen molar-refractivity contribution in [1.29, 1.82) is 0 Å². The number of carboxylic acids is 1. The lowest BCUT2D eigenvalue weighted by atomic mass is 10.0. The number of hydrogen-bond donors (Lipinski definition) is 5. The number of sulfonamides is 1. The Bertz CT molecular complexity index is 1210. The number of aromatic nitrogens is 2. The van der Waals surface area contributed by atoms with Gasteiger partial charge in [-0.1, -0.05) is 23.4 Å². The van der Waals surface area contributed by atoms with Gasteiger partial charge in [-0.3, -0.25) is 9.59 Å². The molecule has 5 N–H and O–H groups in total. The maximum atomic E-state index is 12.5. The molecule has 4 rings (SSSR count). The fraction of sp³-hybridized carbons (Fsp3) is 0.500. The first-order valence-electron chi connectivity index (χ1n) is 12.4. The second-order valence-corrected chi connectivity index (χ2v) is 10.9. The molecule has 0 saturated carbocycles. The molecule has 13 heteroatoms. The van der Waals surface area contributed by atoms with Crippen molar-refractivity contribution in [2.24, 2.45) is 5.16 Å². The molecule has 1 aromatic heterocycles. The van der Waals surface area contributed by atoms with Crippen LogP contribution < -0.4 is 15.4 Å². The smallest absolute Gasteiger partial charge is 0.323 e. The quantitative estimate of drug-likeness (QED) is 0.242. The molecule has 200 valence electrons. The number of hydrogen-bond acceptors (Lipinski definition) is 8. The third-order valence-electron chi connectivity index (χ3n) is 6.31. The Labute approximate surface area is 215 Å². The van der Waals surface area contributed by atoms with Crippen molar-refractivity contribution in [2.45, 2.75) is 68.4 Å². The Kier molecular flexibility index (Phi) is 8.77. The molecular weight excluding hydrogens is 500 g/mol. The van der Waals surface area contributed by atoms with E-state index in [1.165, 1.54) is 48.5 Å². The Morgan fingerprint density at radius 1 is 1.16 bits per heavy atom. The lowest BCUT2D eigenvalue weighted by molar-refractivity contribution is -0.138. The number of amides is 1. The zero-order chi connectivity index (χ0) is 26.3. The molecule has 2 atom stereocenters. The Balaban J connectivity index is 1.15. The zero-order valence-corrected chi connectivity index (χ0v) is 21.2. The molecule has 0 spiro atoms.